The van der Waals surface area contributed by atoms with E-state index in [1.165, 1.54) is 51.4 Å². The third-order valence-corrected chi connectivity index (χ3v) is 4.91. The second-order valence-electron chi connectivity index (χ2n) is 6.38. The number of nitrogens with one attached hydrogen (secondary N) is 1. The minimum atomic E-state index is 0.401. The molecule has 1 unspecified atom stereocenters. The number of hydrogen-bond donors (Lipinski definition) is 1. The van der Waals surface area contributed by atoms with E-state index in [1.807, 2.05) is 0 Å². The van der Waals surface area contributed by atoms with E-state index in [-0.39, 0.29) is 0 Å². The molecule has 0 fully saturated rings. The van der Waals surface area contributed by atoms with Gasteiger partial charge in [0.15, 0.2) is 0 Å². The Kier molecular flexibility index (Phi) is 6.09. The van der Waals surface area contributed by atoms with Gasteiger partial charge in [-0.05, 0) is 43.4 Å². The molecule has 2 rings (SSSR count). The number of benzene rings is 1. The molecular formula is C19H31N. The van der Waals surface area contributed by atoms with Crippen LogP contribution < -0.4 is 5.32 Å². The Bertz CT molecular complexity index is 399. The van der Waals surface area contributed by atoms with Crippen LogP contribution in [0.2, 0.25) is 0 Å². The van der Waals surface area contributed by atoms with Crippen LogP contribution in [-0.4, -0.2) is 13.1 Å². The van der Waals surface area contributed by atoms with Crippen molar-refractivity contribution in [2.45, 2.75) is 70.6 Å². The molecule has 0 heterocycles. The van der Waals surface area contributed by atoms with Gasteiger partial charge in [0.2, 0.25) is 0 Å². The Morgan fingerprint density at radius 2 is 1.95 bits per heavy atom. The summed E-state index contributed by atoms with van der Waals surface area (Å²) in [4.78, 5) is 0. The zero-order chi connectivity index (χ0) is 14.3. The maximum Gasteiger partial charge on any atom is 0.00806 e. The lowest BCUT2D eigenvalue weighted by atomic mass is 9.67. The highest BCUT2D eigenvalue weighted by molar-refractivity contribution is 5.37. The van der Waals surface area contributed by atoms with Gasteiger partial charge in [-0.15, -0.1) is 0 Å². The van der Waals surface area contributed by atoms with E-state index in [2.05, 4.69) is 43.4 Å². The van der Waals surface area contributed by atoms with Crippen molar-refractivity contribution < 1.29 is 0 Å². The number of likely N-dealkylation sites (N-methyl/N-ethyl adjacent to an activating group) is 1. The van der Waals surface area contributed by atoms with Gasteiger partial charge in [0, 0.05) is 12.0 Å². The maximum atomic E-state index is 3.64. The van der Waals surface area contributed by atoms with Crippen LogP contribution in [0, 0.1) is 0 Å². The molecule has 0 spiro atoms. The summed E-state index contributed by atoms with van der Waals surface area (Å²) < 4.78 is 0. The third kappa shape index (κ3) is 3.63. The zero-order valence-electron chi connectivity index (χ0n) is 13.4. The van der Waals surface area contributed by atoms with Crippen molar-refractivity contribution in [3.05, 3.63) is 35.4 Å². The molecule has 1 atom stereocenters. The fourth-order valence-electron chi connectivity index (χ4n) is 3.79. The Morgan fingerprint density at radius 1 is 1.10 bits per heavy atom. The minimum Gasteiger partial charge on any atom is -0.316 e. The Morgan fingerprint density at radius 3 is 2.75 bits per heavy atom. The summed E-state index contributed by atoms with van der Waals surface area (Å²) in [5.74, 6) is 0. The smallest absolute Gasteiger partial charge is 0.00806 e. The summed E-state index contributed by atoms with van der Waals surface area (Å²) in [5, 5.41) is 3.64. The van der Waals surface area contributed by atoms with E-state index < -0.39 is 0 Å². The van der Waals surface area contributed by atoms with Crippen molar-refractivity contribution in [3.8, 4) is 0 Å². The maximum absolute atomic E-state index is 3.64. The molecule has 1 aliphatic carbocycles. The van der Waals surface area contributed by atoms with Crippen molar-refractivity contribution >= 4 is 0 Å². The van der Waals surface area contributed by atoms with Crippen molar-refractivity contribution in [3.63, 3.8) is 0 Å². The molecular weight excluding hydrogens is 242 g/mol. The normalized spacial score (nSPS) is 21.7. The van der Waals surface area contributed by atoms with Gasteiger partial charge in [0.05, 0.1) is 0 Å². The van der Waals surface area contributed by atoms with E-state index >= 15 is 0 Å². The number of hydrogen-bond acceptors (Lipinski definition) is 1. The molecule has 1 heteroatoms. The highest BCUT2D eigenvalue weighted by atomic mass is 14.9. The van der Waals surface area contributed by atoms with Gasteiger partial charge >= 0.3 is 0 Å². The first-order chi connectivity index (χ1) is 9.82. The number of aryl methyl sites for hydroxylation is 1. The van der Waals surface area contributed by atoms with Crippen LogP contribution in [-0.2, 0) is 11.8 Å². The molecule has 0 aromatic heterocycles. The summed E-state index contributed by atoms with van der Waals surface area (Å²) in [5.41, 5.74) is 3.65. The first kappa shape index (κ1) is 15.6. The largest absolute Gasteiger partial charge is 0.316 e. The average Bonchev–Trinajstić information content (AvgIpc) is 2.50. The topological polar surface area (TPSA) is 12.0 Å². The second-order valence-corrected chi connectivity index (χ2v) is 6.38. The Labute approximate surface area is 125 Å². The van der Waals surface area contributed by atoms with E-state index in [9.17, 15) is 0 Å². The van der Waals surface area contributed by atoms with Gasteiger partial charge in [0.25, 0.3) is 0 Å². The van der Waals surface area contributed by atoms with Gasteiger partial charge in [-0.2, -0.15) is 0 Å². The highest BCUT2D eigenvalue weighted by Gasteiger charge is 2.35. The van der Waals surface area contributed by atoms with Crippen molar-refractivity contribution in [1.82, 2.24) is 5.32 Å². The first-order valence-electron chi connectivity index (χ1n) is 8.61. The van der Waals surface area contributed by atoms with Crippen molar-refractivity contribution in [2.75, 3.05) is 13.1 Å². The van der Waals surface area contributed by atoms with Crippen LogP contribution in [0.1, 0.15) is 69.9 Å². The van der Waals surface area contributed by atoms with Crippen LogP contribution in [0.5, 0.6) is 0 Å². The molecule has 112 valence electrons. The van der Waals surface area contributed by atoms with Crippen LogP contribution in [0.3, 0.4) is 0 Å². The minimum absolute atomic E-state index is 0.401. The summed E-state index contributed by atoms with van der Waals surface area (Å²) in [6.07, 6.45) is 10.9. The predicted octanol–water partition coefficient (Wildman–Crippen LogP) is 4.84. The number of fused-ring (bicyclic) bond motifs is 1. The predicted molar refractivity (Wildman–Crippen MR) is 88.4 cm³/mol. The Hall–Kier alpha value is -0.820. The fraction of sp³-hybridized carbons (Fsp3) is 0.684. The average molecular weight is 273 g/mol. The summed E-state index contributed by atoms with van der Waals surface area (Å²) in [6, 6.07) is 9.18. The summed E-state index contributed by atoms with van der Waals surface area (Å²) in [6.45, 7) is 6.76. The fourth-order valence-corrected chi connectivity index (χ4v) is 3.79. The SMILES string of the molecule is CCCCCCC1(CNCC)CCCc2ccccc21. The summed E-state index contributed by atoms with van der Waals surface area (Å²) in [7, 11) is 0. The lowest BCUT2D eigenvalue weighted by Gasteiger charge is -2.40. The zero-order valence-corrected chi connectivity index (χ0v) is 13.4. The Balaban J connectivity index is 2.14. The molecule has 1 aromatic carbocycles. The molecule has 1 aliphatic rings. The van der Waals surface area contributed by atoms with Gasteiger partial charge in [-0.3, -0.25) is 0 Å². The number of rotatable bonds is 8. The molecule has 0 amide bonds. The van der Waals surface area contributed by atoms with Crippen molar-refractivity contribution in [2.24, 2.45) is 0 Å². The third-order valence-electron chi connectivity index (χ3n) is 4.91. The molecule has 0 aliphatic heterocycles. The van der Waals surface area contributed by atoms with E-state index in [0.717, 1.165) is 13.1 Å². The van der Waals surface area contributed by atoms with E-state index in [4.69, 9.17) is 0 Å². The lowest BCUT2D eigenvalue weighted by molar-refractivity contribution is 0.307. The van der Waals surface area contributed by atoms with Gasteiger partial charge < -0.3 is 5.32 Å². The molecule has 20 heavy (non-hydrogen) atoms. The molecule has 0 saturated carbocycles. The molecule has 0 saturated heterocycles. The quantitative estimate of drug-likeness (QED) is 0.668. The van der Waals surface area contributed by atoms with Crippen LogP contribution in [0.15, 0.2) is 24.3 Å². The van der Waals surface area contributed by atoms with Gasteiger partial charge in [0.1, 0.15) is 0 Å². The number of unbranched alkanes of at least 4 members (excludes halogenated alkanes) is 3. The summed E-state index contributed by atoms with van der Waals surface area (Å²) >= 11 is 0. The molecule has 1 aromatic rings. The monoisotopic (exact) mass is 273 g/mol. The highest BCUT2D eigenvalue weighted by Crippen LogP contribution is 2.40. The molecule has 1 N–H and O–H groups in total. The van der Waals surface area contributed by atoms with Crippen LogP contribution in [0.25, 0.3) is 0 Å². The molecule has 0 bridgehead atoms. The molecule has 0 radical (unpaired) electrons. The van der Waals surface area contributed by atoms with Crippen LogP contribution >= 0.6 is 0 Å². The first-order valence-corrected chi connectivity index (χ1v) is 8.61. The lowest BCUT2D eigenvalue weighted by Crippen LogP contribution is -2.41. The second kappa shape index (κ2) is 7.83. The molecule has 1 nitrogen and oxygen atoms in total. The van der Waals surface area contributed by atoms with Crippen molar-refractivity contribution in [1.29, 1.82) is 0 Å². The standard InChI is InChI=1S/C19H31N/c1-3-5-6-9-14-19(16-20-4-2)15-10-12-17-11-7-8-13-18(17)19/h7-8,11,13,20H,3-6,9-10,12,14-16H2,1-2H3. The van der Waals surface area contributed by atoms with E-state index in [1.54, 1.807) is 11.1 Å². The van der Waals surface area contributed by atoms with E-state index in [0.29, 0.717) is 5.41 Å². The van der Waals surface area contributed by atoms with Crippen LogP contribution in [0.4, 0.5) is 0 Å². The van der Waals surface area contributed by atoms with Gasteiger partial charge in [-0.25, -0.2) is 0 Å². The van der Waals surface area contributed by atoms with Gasteiger partial charge in [-0.1, -0.05) is 63.8 Å².